The van der Waals surface area contributed by atoms with Gasteiger partial charge in [-0.25, -0.2) is 4.68 Å². The van der Waals surface area contributed by atoms with E-state index in [0.717, 1.165) is 0 Å². The van der Waals surface area contributed by atoms with E-state index >= 15 is 0 Å². The lowest BCUT2D eigenvalue weighted by Gasteiger charge is -2.05. The van der Waals surface area contributed by atoms with Crippen molar-refractivity contribution in [3.05, 3.63) is 42.4 Å². The third kappa shape index (κ3) is 2.71. The first-order valence-corrected chi connectivity index (χ1v) is 5.92. The SMILES string of the molecule is COc1cc(C(=O)Nc2cccc(-n3cnnn3)c2)on1. The summed E-state index contributed by atoms with van der Waals surface area (Å²) in [5, 5.41) is 17.1. The van der Waals surface area contributed by atoms with Crippen LogP contribution in [-0.2, 0) is 0 Å². The highest BCUT2D eigenvalue weighted by Gasteiger charge is 2.13. The second-order valence-electron chi connectivity index (χ2n) is 3.99. The fraction of sp³-hybridized carbons (Fsp3) is 0.0833. The number of methoxy groups -OCH3 is 1. The fourth-order valence-corrected chi connectivity index (χ4v) is 1.66. The molecular formula is C12H10N6O3. The summed E-state index contributed by atoms with van der Waals surface area (Å²) in [6, 6.07) is 8.44. The lowest BCUT2D eigenvalue weighted by Crippen LogP contribution is -2.11. The maximum absolute atomic E-state index is 12.0. The van der Waals surface area contributed by atoms with Gasteiger partial charge >= 0.3 is 0 Å². The van der Waals surface area contributed by atoms with Gasteiger partial charge in [0.1, 0.15) is 6.33 Å². The Hall–Kier alpha value is -3.23. The van der Waals surface area contributed by atoms with Crippen molar-refractivity contribution in [3.63, 3.8) is 0 Å². The van der Waals surface area contributed by atoms with E-state index in [0.29, 0.717) is 11.4 Å². The van der Waals surface area contributed by atoms with Gasteiger partial charge in [-0.1, -0.05) is 6.07 Å². The van der Waals surface area contributed by atoms with Gasteiger partial charge < -0.3 is 14.6 Å². The highest BCUT2D eigenvalue weighted by atomic mass is 16.5. The van der Waals surface area contributed by atoms with Gasteiger partial charge in [0.25, 0.3) is 11.8 Å². The molecule has 3 rings (SSSR count). The Bertz CT molecular complexity index is 752. The summed E-state index contributed by atoms with van der Waals surface area (Å²) in [6.07, 6.45) is 1.46. The summed E-state index contributed by atoms with van der Waals surface area (Å²) in [5.41, 5.74) is 1.29. The Morgan fingerprint density at radius 1 is 1.38 bits per heavy atom. The lowest BCUT2D eigenvalue weighted by atomic mass is 10.2. The van der Waals surface area contributed by atoms with Crippen LogP contribution in [0.1, 0.15) is 10.6 Å². The number of anilines is 1. The second-order valence-corrected chi connectivity index (χ2v) is 3.99. The van der Waals surface area contributed by atoms with Crippen LogP contribution in [0.25, 0.3) is 5.69 Å². The minimum absolute atomic E-state index is 0.0553. The molecule has 0 unspecified atom stereocenters. The Kier molecular flexibility index (Phi) is 3.29. The molecule has 0 fully saturated rings. The van der Waals surface area contributed by atoms with Gasteiger partial charge in [0, 0.05) is 5.69 Å². The summed E-state index contributed by atoms with van der Waals surface area (Å²) >= 11 is 0. The van der Waals surface area contributed by atoms with E-state index in [4.69, 9.17) is 9.26 Å². The Balaban J connectivity index is 1.78. The van der Waals surface area contributed by atoms with Crippen LogP contribution in [-0.4, -0.2) is 38.4 Å². The summed E-state index contributed by atoms with van der Waals surface area (Å²) in [5.74, 6) is -0.137. The Morgan fingerprint density at radius 3 is 3.00 bits per heavy atom. The minimum Gasteiger partial charge on any atom is -0.479 e. The number of tetrazole rings is 1. The van der Waals surface area contributed by atoms with E-state index < -0.39 is 5.91 Å². The summed E-state index contributed by atoms with van der Waals surface area (Å²) < 4.78 is 11.2. The molecule has 0 saturated heterocycles. The third-order valence-electron chi connectivity index (χ3n) is 2.64. The number of hydrogen-bond donors (Lipinski definition) is 1. The number of nitrogens with one attached hydrogen (secondary N) is 1. The van der Waals surface area contributed by atoms with Crippen LogP contribution >= 0.6 is 0 Å². The molecule has 2 heterocycles. The number of nitrogens with zero attached hydrogens (tertiary/aromatic N) is 5. The largest absolute Gasteiger partial charge is 0.479 e. The molecule has 0 aliphatic heterocycles. The number of amides is 1. The van der Waals surface area contributed by atoms with Gasteiger partial charge in [-0.15, -0.1) is 5.10 Å². The number of ether oxygens (including phenoxy) is 1. The van der Waals surface area contributed by atoms with Crippen molar-refractivity contribution in [3.8, 4) is 11.6 Å². The van der Waals surface area contributed by atoms with Crippen LogP contribution < -0.4 is 10.1 Å². The predicted octanol–water partition coefficient (Wildman–Crippen LogP) is 0.911. The van der Waals surface area contributed by atoms with Crippen LogP contribution in [0.5, 0.6) is 5.88 Å². The molecular weight excluding hydrogens is 276 g/mol. The highest BCUT2D eigenvalue weighted by Crippen LogP contribution is 2.16. The molecule has 106 valence electrons. The van der Waals surface area contributed by atoms with Gasteiger partial charge in [-0.3, -0.25) is 4.79 Å². The van der Waals surface area contributed by atoms with Crippen LogP contribution in [0.4, 0.5) is 5.69 Å². The summed E-state index contributed by atoms with van der Waals surface area (Å²) in [4.78, 5) is 12.0. The Labute approximate surface area is 118 Å². The van der Waals surface area contributed by atoms with E-state index in [1.807, 2.05) is 6.07 Å². The molecule has 0 atom stereocenters. The monoisotopic (exact) mass is 286 g/mol. The molecule has 1 amide bonds. The maximum atomic E-state index is 12.0. The minimum atomic E-state index is -0.431. The quantitative estimate of drug-likeness (QED) is 0.759. The van der Waals surface area contributed by atoms with Crippen molar-refractivity contribution in [2.45, 2.75) is 0 Å². The van der Waals surface area contributed by atoms with Crippen molar-refractivity contribution < 1.29 is 14.1 Å². The molecule has 9 nitrogen and oxygen atoms in total. The predicted molar refractivity (Wildman–Crippen MR) is 70.2 cm³/mol. The molecule has 3 aromatic rings. The van der Waals surface area contributed by atoms with Gasteiger partial charge in [-0.05, 0) is 33.8 Å². The Morgan fingerprint density at radius 2 is 2.29 bits per heavy atom. The molecule has 21 heavy (non-hydrogen) atoms. The first-order valence-electron chi connectivity index (χ1n) is 5.92. The molecule has 9 heteroatoms. The molecule has 1 aromatic carbocycles. The van der Waals surface area contributed by atoms with Gasteiger partial charge in [-0.2, -0.15) is 0 Å². The molecule has 0 aliphatic rings. The summed E-state index contributed by atoms with van der Waals surface area (Å²) in [6.45, 7) is 0. The molecule has 1 N–H and O–H groups in total. The van der Waals surface area contributed by atoms with E-state index in [2.05, 4.69) is 26.0 Å². The standard InChI is InChI=1S/C12H10N6O3/c1-20-11-6-10(21-15-11)12(19)14-8-3-2-4-9(5-8)18-7-13-16-17-18/h2-7H,1H3,(H,14,19). The zero-order chi connectivity index (χ0) is 14.7. The van der Waals surface area contributed by atoms with Gasteiger partial charge in [0.05, 0.1) is 18.9 Å². The average Bonchev–Trinajstić information content (AvgIpc) is 3.19. The van der Waals surface area contributed by atoms with Crippen LogP contribution in [0, 0.1) is 0 Å². The van der Waals surface area contributed by atoms with Crippen molar-refractivity contribution >= 4 is 11.6 Å². The first kappa shape index (κ1) is 12.8. The molecule has 0 radical (unpaired) electrons. The van der Waals surface area contributed by atoms with Crippen LogP contribution in [0.2, 0.25) is 0 Å². The molecule has 0 spiro atoms. The number of aromatic nitrogens is 5. The van der Waals surface area contributed by atoms with E-state index in [1.54, 1.807) is 18.2 Å². The van der Waals surface area contributed by atoms with Crippen LogP contribution in [0.15, 0.2) is 41.2 Å². The number of rotatable bonds is 4. The van der Waals surface area contributed by atoms with Crippen molar-refractivity contribution in [1.82, 2.24) is 25.4 Å². The number of carbonyl (C=O) groups is 1. The average molecular weight is 286 g/mol. The van der Waals surface area contributed by atoms with Crippen molar-refractivity contribution in [2.24, 2.45) is 0 Å². The van der Waals surface area contributed by atoms with E-state index in [9.17, 15) is 4.79 Å². The highest BCUT2D eigenvalue weighted by molar-refractivity contribution is 6.02. The second kappa shape index (κ2) is 5.41. The molecule has 0 saturated carbocycles. The number of hydrogen-bond acceptors (Lipinski definition) is 7. The smallest absolute Gasteiger partial charge is 0.294 e. The number of carbonyl (C=O) groups excluding carboxylic acids is 1. The topological polar surface area (TPSA) is 108 Å². The van der Waals surface area contributed by atoms with Crippen molar-refractivity contribution in [2.75, 3.05) is 12.4 Å². The van der Waals surface area contributed by atoms with E-state index in [1.165, 1.54) is 24.2 Å². The zero-order valence-corrected chi connectivity index (χ0v) is 10.9. The third-order valence-corrected chi connectivity index (χ3v) is 2.64. The molecule has 0 bridgehead atoms. The number of benzene rings is 1. The zero-order valence-electron chi connectivity index (χ0n) is 10.9. The normalized spacial score (nSPS) is 10.3. The van der Waals surface area contributed by atoms with Crippen molar-refractivity contribution in [1.29, 1.82) is 0 Å². The van der Waals surface area contributed by atoms with Gasteiger partial charge in [0.2, 0.25) is 5.76 Å². The van der Waals surface area contributed by atoms with Gasteiger partial charge in [0.15, 0.2) is 0 Å². The summed E-state index contributed by atoms with van der Waals surface area (Å²) in [7, 11) is 1.44. The van der Waals surface area contributed by atoms with E-state index in [-0.39, 0.29) is 11.6 Å². The lowest BCUT2D eigenvalue weighted by molar-refractivity contribution is 0.0987. The maximum Gasteiger partial charge on any atom is 0.294 e. The first-order chi connectivity index (χ1) is 10.3. The van der Waals surface area contributed by atoms with Crippen LogP contribution in [0.3, 0.4) is 0 Å². The molecule has 0 aliphatic carbocycles. The fourth-order valence-electron chi connectivity index (χ4n) is 1.66. The molecule has 2 aromatic heterocycles.